The number of piperidine rings is 1. The van der Waals surface area contributed by atoms with Crippen LogP contribution in [-0.2, 0) is 6.42 Å². The van der Waals surface area contributed by atoms with Crippen LogP contribution in [0.5, 0.6) is 0 Å². The van der Waals surface area contributed by atoms with Crippen LogP contribution in [0.3, 0.4) is 0 Å². The summed E-state index contributed by atoms with van der Waals surface area (Å²) >= 11 is 0. The van der Waals surface area contributed by atoms with Crippen molar-refractivity contribution >= 4 is 11.4 Å². The Balaban J connectivity index is 1.63. The highest BCUT2D eigenvalue weighted by Crippen LogP contribution is 2.28. The summed E-state index contributed by atoms with van der Waals surface area (Å²) in [4.78, 5) is 4.88. The van der Waals surface area contributed by atoms with Crippen LogP contribution in [0.15, 0.2) is 18.2 Å². The van der Waals surface area contributed by atoms with Crippen molar-refractivity contribution in [1.82, 2.24) is 4.90 Å². The molecule has 3 heteroatoms. The van der Waals surface area contributed by atoms with Gasteiger partial charge in [-0.1, -0.05) is 6.07 Å². The Morgan fingerprint density at radius 2 is 2.10 bits per heavy atom. The first-order valence-electron chi connectivity index (χ1n) is 7.99. The highest BCUT2D eigenvalue weighted by atomic mass is 15.1. The molecule has 0 unspecified atom stereocenters. The highest BCUT2D eigenvalue weighted by Gasteiger charge is 2.19. The number of anilines is 2. The molecule has 0 aliphatic carbocycles. The van der Waals surface area contributed by atoms with Gasteiger partial charge < -0.3 is 15.1 Å². The number of benzene rings is 1. The van der Waals surface area contributed by atoms with Crippen molar-refractivity contribution in [2.75, 3.05) is 50.5 Å². The largest absolute Gasteiger partial charge is 0.385 e. The van der Waals surface area contributed by atoms with E-state index in [2.05, 4.69) is 47.4 Å². The molecular weight excluding hydrogens is 246 g/mol. The molecule has 3 rings (SSSR count). The molecule has 1 N–H and O–H groups in total. The molecule has 2 aliphatic heterocycles. The third kappa shape index (κ3) is 3.09. The maximum atomic E-state index is 3.53. The zero-order valence-corrected chi connectivity index (χ0v) is 12.9. The molecule has 0 bridgehead atoms. The van der Waals surface area contributed by atoms with Gasteiger partial charge in [0.25, 0.3) is 0 Å². The Morgan fingerprint density at radius 3 is 2.90 bits per heavy atom. The maximum Gasteiger partial charge on any atom is 0.0393 e. The van der Waals surface area contributed by atoms with Crippen molar-refractivity contribution in [3.8, 4) is 0 Å². The molecule has 0 amide bonds. The first-order valence-corrected chi connectivity index (χ1v) is 7.99. The molecule has 1 fully saturated rings. The predicted octanol–water partition coefficient (Wildman–Crippen LogP) is 2.82. The Hall–Kier alpha value is -1.22. The summed E-state index contributed by atoms with van der Waals surface area (Å²) in [6, 6.07) is 6.94. The molecule has 3 nitrogen and oxygen atoms in total. The molecule has 0 atom stereocenters. The van der Waals surface area contributed by atoms with Crippen LogP contribution in [-0.4, -0.2) is 45.2 Å². The minimum absolute atomic E-state index is 0.847. The number of nitrogens with zero attached hydrogens (tertiary/aromatic N) is 2. The van der Waals surface area contributed by atoms with Crippen molar-refractivity contribution in [2.24, 2.45) is 5.92 Å². The summed E-state index contributed by atoms with van der Waals surface area (Å²) in [5.41, 5.74) is 4.19. The minimum Gasteiger partial charge on any atom is -0.385 e. The highest BCUT2D eigenvalue weighted by molar-refractivity contribution is 5.63. The zero-order chi connectivity index (χ0) is 13.9. The van der Waals surface area contributed by atoms with Gasteiger partial charge in [-0.05, 0) is 69.4 Å². The molecule has 0 spiro atoms. The van der Waals surface area contributed by atoms with Crippen LogP contribution in [0.4, 0.5) is 11.4 Å². The molecule has 20 heavy (non-hydrogen) atoms. The summed E-state index contributed by atoms with van der Waals surface area (Å²) in [5, 5.41) is 3.53. The fourth-order valence-corrected chi connectivity index (χ4v) is 3.42. The summed E-state index contributed by atoms with van der Waals surface area (Å²) in [7, 11) is 4.47. The molecular formula is C17H27N3. The van der Waals surface area contributed by atoms with Crippen molar-refractivity contribution in [3.05, 3.63) is 23.8 Å². The zero-order valence-electron chi connectivity index (χ0n) is 12.9. The van der Waals surface area contributed by atoms with E-state index in [1.54, 1.807) is 0 Å². The Labute approximate surface area is 123 Å². The van der Waals surface area contributed by atoms with Crippen LogP contribution in [0, 0.1) is 5.92 Å². The van der Waals surface area contributed by atoms with E-state index in [1.807, 2.05) is 0 Å². The van der Waals surface area contributed by atoms with Crippen LogP contribution in [0.1, 0.15) is 24.8 Å². The van der Waals surface area contributed by atoms with E-state index in [-0.39, 0.29) is 0 Å². The lowest BCUT2D eigenvalue weighted by atomic mass is 9.96. The molecule has 110 valence electrons. The van der Waals surface area contributed by atoms with E-state index >= 15 is 0 Å². The molecule has 0 saturated carbocycles. The standard InChI is InChI=1S/C17H27N3/c1-19-10-7-14(8-11-19)13-20(2)16-6-5-15-4-3-9-18-17(15)12-16/h5-6,12,14,18H,3-4,7-11,13H2,1-2H3. The first-order chi connectivity index (χ1) is 9.72. The van der Waals surface area contributed by atoms with Gasteiger partial charge in [0.1, 0.15) is 0 Å². The number of fused-ring (bicyclic) bond motifs is 1. The van der Waals surface area contributed by atoms with Gasteiger partial charge in [0.15, 0.2) is 0 Å². The summed E-state index contributed by atoms with van der Waals surface area (Å²) < 4.78 is 0. The normalized spacial score (nSPS) is 20.3. The topological polar surface area (TPSA) is 18.5 Å². The quantitative estimate of drug-likeness (QED) is 0.913. The summed E-state index contributed by atoms with van der Waals surface area (Å²) in [6.07, 6.45) is 5.16. The van der Waals surface area contributed by atoms with Gasteiger partial charge in [-0.15, -0.1) is 0 Å². The molecule has 1 saturated heterocycles. The van der Waals surface area contributed by atoms with Gasteiger partial charge in [-0.3, -0.25) is 0 Å². The molecule has 2 aliphatic rings. The smallest absolute Gasteiger partial charge is 0.0393 e. The van der Waals surface area contributed by atoms with Crippen molar-refractivity contribution in [1.29, 1.82) is 0 Å². The van der Waals surface area contributed by atoms with Crippen LogP contribution < -0.4 is 10.2 Å². The number of hydrogen-bond donors (Lipinski definition) is 1. The molecule has 1 aromatic carbocycles. The lowest BCUT2D eigenvalue weighted by molar-refractivity contribution is 0.222. The van der Waals surface area contributed by atoms with Gasteiger partial charge in [0.2, 0.25) is 0 Å². The second-order valence-electron chi connectivity index (χ2n) is 6.50. The lowest BCUT2D eigenvalue weighted by Crippen LogP contribution is -2.35. The van der Waals surface area contributed by atoms with Crippen LogP contribution in [0.2, 0.25) is 0 Å². The average Bonchev–Trinajstić information content (AvgIpc) is 2.49. The van der Waals surface area contributed by atoms with Crippen molar-refractivity contribution in [2.45, 2.75) is 25.7 Å². The van der Waals surface area contributed by atoms with Crippen molar-refractivity contribution < 1.29 is 0 Å². The van der Waals surface area contributed by atoms with Gasteiger partial charge in [0.05, 0.1) is 0 Å². The van der Waals surface area contributed by atoms with Crippen LogP contribution >= 0.6 is 0 Å². The lowest BCUT2D eigenvalue weighted by Gasteiger charge is -2.33. The maximum absolute atomic E-state index is 3.53. The summed E-state index contributed by atoms with van der Waals surface area (Å²) in [5.74, 6) is 0.847. The Morgan fingerprint density at radius 1 is 1.30 bits per heavy atom. The van der Waals surface area contributed by atoms with Crippen LogP contribution in [0.25, 0.3) is 0 Å². The number of likely N-dealkylation sites (tertiary alicyclic amines) is 1. The van der Waals surface area contributed by atoms with Gasteiger partial charge in [-0.2, -0.15) is 0 Å². The van der Waals surface area contributed by atoms with E-state index in [4.69, 9.17) is 0 Å². The van der Waals surface area contributed by atoms with Gasteiger partial charge in [0, 0.05) is 31.5 Å². The van der Waals surface area contributed by atoms with Gasteiger partial charge >= 0.3 is 0 Å². The Bertz CT molecular complexity index is 450. The molecule has 1 aromatic rings. The third-order valence-electron chi connectivity index (χ3n) is 4.84. The fourth-order valence-electron chi connectivity index (χ4n) is 3.42. The Kier molecular flexibility index (Phi) is 4.16. The average molecular weight is 273 g/mol. The minimum atomic E-state index is 0.847. The first kappa shape index (κ1) is 13.7. The monoisotopic (exact) mass is 273 g/mol. The van der Waals surface area contributed by atoms with E-state index in [9.17, 15) is 0 Å². The second kappa shape index (κ2) is 6.04. The fraction of sp³-hybridized carbons (Fsp3) is 0.647. The van der Waals surface area contributed by atoms with E-state index in [1.165, 1.54) is 62.3 Å². The third-order valence-corrected chi connectivity index (χ3v) is 4.84. The van der Waals surface area contributed by atoms with Crippen molar-refractivity contribution in [3.63, 3.8) is 0 Å². The SMILES string of the molecule is CN1CCC(CN(C)c2ccc3c(c2)NCCC3)CC1. The molecule has 0 aromatic heterocycles. The number of rotatable bonds is 3. The predicted molar refractivity (Wildman–Crippen MR) is 86.7 cm³/mol. The second-order valence-corrected chi connectivity index (χ2v) is 6.50. The van der Waals surface area contributed by atoms with E-state index in [0.717, 1.165) is 12.5 Å². The van der Waals surface area contributed by atoms with E-state index < -0.39 is 0 Å². The number of aryl methyl sites for hydroxylation is 1. The number of hydrogen-bond acceptors (Lipinski definition) is 3. The van der Waals surface area contributed by atoms with E-state index in [0.29, 0.717) is 0 Å². The summed E-state index contributed by atoms with van der Waals surface area (Å²) in [6.45, 7) is 4.82. The number of nitrogens with one attached hydrogen (secondary N) is 1. The van der Waals surface area contributed by atoms with Gasteiger partial charge in [-0.25, -0.2) is 0 Å². The molecule has 0 radical (unpaired) electrons. The molecule has 2 heterocycles.